The molecule has 1 saturated carbocycles. The van der Waals surface area contributed by atoms with E-state index >= 15 is 4.39 Å². The van der Waals surface area contributed by atoms with Gasteiger partial charge in [0.2, 0.25) is 0 Å². The van der Waals surface area contributed by atoms with Crippen molar-refractivity contribution in [3.63, 3.8) is 0 Å². The SMILES string of the molecule is [C-]#[N+]c1c(-c2ccc3c(OC)c(F)c(-c4ccccc4)nc3c2)nn(C2CC(C)(O)C2)c1N. The molecule has 4 aromatic rings. The van der Waals surface area contributed by atoms with Crippen LogP contribution in [0.2, 0.25) is 0 Å². The van der Waals surface area contributed by atoms with Gasteiger partial charge in [-0.2, -0.15) is 5.10 Å². The number of hydrogen-bond donors (Lipinski definition) is 2. The van der Waals surface area contributed by atoms with Gasteiger partial charge in [0.15, 0.2) is 11.6 Å². The second-order valence-corrected chi connectivity index (χ2v) is 8.60. The van der Waals surface area contributed by atoms with E-state index in [-0.39, 0.29) is 29.0 Å². The van der Waals surface area contributed by atoms with Gasteiger partial charge < -0.3 is 15.6 Å². The molecule has 0 bridgehead atoms. The first-order chi connectivity index (χ1) is 15.8. The summed E-state index contributed by atoms with van der Waals surface area (Å²) < 4.78 is 22.2. The van der Waals surface area contributed by atoms with Crippen molar-refractivity contribution in [3.05, 3.63) is 65.8 Å². The number of pyridine rings is 1. The number of anilines is 1. The molecule has 1 aliphatic rings. The van der Waals surface area contributed by atoms with E-state index in [0.29, 0.717) is 40.6 Å². The van der Waals surface area contributed by atoms with Gasteiger partial charge >= 0.3 is 0 Å². The lowest BCUT2D eigenvalue weighted by Gasteiger charge is -2.41. The fourth-order valence-electron chi connectivity index (χ4n) is 4.50. The molecule has 0 saturated heterocycles. The fraction of sp³-hybridized carbons (Fsp3) is 0.240. The van der Waals surface area contributed by atoms with Crippen LogP contribution < -0.4 is 10.5 Å². The maximum Gasteiger partial charge on any atom is 0.254 e. The van der Waals surface area contributed by atoms with Crippen molar-refractivity contribution < 1.29 is 14.2 Å². The van der Waals surface area contributed by atoms with Crippen LogP contribution in [0, 0.1) is 12.4 Å². The fourth-order valence-corrected chi connectivity index (χ4v) is 4.50. The van der Waals surface area contributed by atoms with E-state index < -0.39 is 11.4 Å². The lowest BCUT2D eigenvalue weighted by Crippen LogP contribution is -2.42. The molecule has 7 nitrogen and oxygen atoms in total. The zero-order valence-electron chi connectivity index (χ0n) is 18.2. The highest BCUT2D eigenvalue weighted by atomic mass is 19.1. The van der Waals surface area contributed by atoms with Crippen molar-refractivity contribution in [1.82, 2.24) is 14.8 Å². The first-order valence-corrected chi connectivity index (χ1v) is 10.5. The average Bonchev–Trinajstić information content (AvgIpc) is 3.13. The van der Waals surface area contributed by atoms with Crippen molar-refractivity contribution >= 4 is 22.4 Å². The molecule has 0 aliphatic heterocycles. The summed E-state index contributed by atoms with van der Waals surface area (Å²) >= 11 is 0. The zero-order chi connectivity index (χ0) is 23.3. The Labute approximate surface area is 190 Å². The minimum atomic E-state index is -0.747. The second kappa shape index (κ2) is 7.57. The van der Waals surface area contributed by atoms with Gasteiger partial charge in [-0.05, 0) is 37.5 Å². The number of rotatable bonds is 4. The number of halogens is 1. The van der Waals surface area contributed by atoms with Crippen molar-refractivity contribution in [1.29, 1.82) is 0 Å². The van der Waals surface area contributed by atoms with E-state index in [4.69, 9.17) is 17.0 Å². The van der Waals surface area contributed by atoms with Gasteiger partial charge in [-0.25, -0.2) is 14.2 Å². The summed E-state index contributed by atoms with van der Waals surface area (Å²) in [5, 5.41) is 15.2. The molecular formula is C25H22FN5O2. The first-order valence-electron chi connectivity index (χ1n) is 10.5. The zero-order valence-corrected chi connectivity index (χ0v) is 18.2. The van der Waals surface area contributed by atoms with Crippen LogP contribution in [0.5, 0.6) is 5.75 Å². The van der Waals surface area contributed by atoms with Crippen molar-refractivity contribution in [2.45, 2.75) is 31.4 Å². The first kappa shape index (κ1) is 20.9. The molecule has 1 aliphatic carbocycles. The summed E-state index contributed by atoms with van der Waals surface area (Å²) in [6.07, 6.45) is 1.04. The van der Waals surface area contributed by atoms with E-state index in [1.54, 1.807) is 41.9 Å². The predicted molar refractivity (Wildman–Crippen MR) is 124 cm³/mol. The van der Waals surface area contributed by atoms with Gasteiger partial charge in [0.05, 0.1) is 30.8 Å². The molecule has 3 N–H and O–H groups in total. The van der Waals surface area contributed by atoms with Crippen LogP contribution in [-0.4, -0.2) is 32.6 Å². The number of aromatic nitrogens is 3. The van der Waals surface area contributed by atoms with E-state index in [0.717, 1.165) is 0 Å². The number of aliphatic hydroxyl groups is 1. The largest absolute Gasteiger partial charge is 0.493 e. The number of hydrogen-bond acceptors (Lipinski definition) is 5. The third-order valence-electron chi connectivity index (χ3n) is 6.14. The Morgan fingerprint density at radius 3 is 2.55 bits per heavy atom. The molecule has 2 heterocycles. The Morgan fingerprint density at radius 1 is 1.18 bits per heavy atom. The molecule has 0 unspecified atom stereocenters. The van der Waals surface area contributed by atoms with E-state index in [2.05, 4.69) is 14.9 Å². The second-order valence-electron chi connectivity index (χ2n) is 8.60. The Kier molecular flexibility index (Phi) is 4.80. The van der Waals surface area contributed by atoms with Crippen LogP contribution in [0.1, 0.15) is 25.8 Å². The molecule has 0 radical (unpaired) electrons. The van der Waals surface area contributed by atoms with Crippen molar-refractivity contribution in [3.8, 4) is 28.3 Å². The van der Waals surface area contributed by atoms with Crippen molar-refractivity contribution in [2.24, 2.45) is 0 Å². The van der Waals surface area contributed by atoms with E-state index in [1.165, 1.54) is 7.11 Å². The molecule has 5 rings (SSSR count). The molecular weight excluding hydrogens is 421 g/mol. The van der Waals surface area contributed by atoms with Crippen LogP contribution in [0.3, 0.4) is 0 Å². The number of nitrogen functional groups attached to an aromatic ring is 1. The van der Waals surface area contributed by atoms with E-state index in [1.807, 2.05) is 18.2 Å². The van der Waals surface area contributed by atoms with Crippen molar-refractivity contribution in [2.75, 3.05) is 12.8 Å². The summed E-state index contributed by atoms with van der Waals surface area (Å²) in [7, 11) is 1.42. The molecule has 0 atom stereocenters. The third kappa shape index (κ3) is 3.38. The highest BCUT2D eigenvalue weighted by Crippen LogP contribution is 2.46. The highest BCUT2D eigenvalue weighted by Gasteiger charge is 2.41. The highest BCUT2D eigenvalue weighted by molar-refractivity contribution is 5.93. The molecule has 8 heteroatoms. The molecule has 0 amide bonds. The van der Waals surface area contributed by atoms with Gasteiger partial charge in [0.1, 0.15) is 17.2 Å². The summed E-state index contributed by atoms with van der Waals surface area (Å²) in [6.45, 7) is 9.41. The molecule has 33 heavy (non-hydrogen) atoms. The predicted octanol–water partition coefficient (Wildman–Crippen LogP) is 5.13. The number of methoxy groups -OCH3 is 1. The van der Waals surface area contributed by atoms with Gasteiger partial charge in [-0.15, -0.1) is 0 Å². The molecule has 2 aromatic carbocycles. The Morgan fingerprint density at radius 2 is 1.91 bits per heavy atom. The number of benzene rings is 2. The number of nitrogens with zero attached hydrogens (tertiary/aromatic N) is 4. The van der Waals surface area contributed by atoms with Crippen LogP contribution in [-0.2, 0) is 0 Å². The smallest absolute Gasteiger partial charge is 0.254 e. The number of nitrogens with two attached hydrogens (primary N) is 1. The summed E-state index contributed by atoms with van der Waals surface area (Å²) in [5.41, 5.74) is 8.16. The van der Waals surface area contributed by atoms with Crippen LogP contribution >= 0.6 is 0 Å². The maximum atomic E-state index is 15.2. The quantitative estimate of drug-likeness (QED) is 0.427. The molecule has 1 fully saturated rings. The average molecular weight is 443 g/mol. The number of ether oxygens (including phenoxy) is 1. The molecule has 166 valence electrons. The lowest BCUT2D eigenvalue weighted by atomic mass is 9.77. The summed E-state index contributed by atoms with van der Waals surface area (Å²) in [6, 6.07) is 14.2. The Bertz CT molecular complexity index is 1410. The van der Waals surface area contributed by atoms with Crippen LogP contribution in [0.4, 0.5) is 15.9 Å². The van der Waals surface area contributed by atoms with Gasteiger partial charge in [0, 0.05) is 10.9 Å². The lowest BCUT2D eigenvalue weighted by molar-refractivity contribution is -0.0535. The van der Waals surface area contributed by atoms with Crippen LogP contribution in [0.15, 0.2) is 48.5 Å². The van der Waals surface area contributed by atoms with Gasteiger partial charge in [-0.1, -0.05) is 36.4 Å². The van der Waals surface area contributed by atoms with Gasteiger partial charge in [-0.3, -0.25) is 4.68 Å². The Hall–Kier alpha value is -3.96. The topological polar surface area (TPSA) is 90.5 Å². The van der Waals surface area contributed by atoms with E-state index in [9.17, 15) is 5.11 Å². The summed E-state index contributed by atoms with van der Waals surface area (Å²) in [4.78, 5) is 8.19. The Balaban J connectivity index is 1.66. The minimum absolute atomic E-state index is 0.0632. The summed E-state index contributed by atoms with van der Waals surface area (Å²) in [5.74, 6) is -0.149. The maximum absolute atomic E-state index is 15.2. The molecule has 2 aromatic heterocycles. The van der Waals surface area contributed by atoms with Gasteiger partial charge in [0.25, 0.3) is 5.69 Å². The normalized spacial score (nSPS) is 19.8. The monoisotopic (exact) mass is 443 g/mol. The standard InChI is InChI=1S/C25H22FN5O2/c1-25(32)12-16(13-25)31-24(27)22(28-2)21(30-31)15-9-10-17-18(11-15)29-20(19(26)23(17)33-3)14-7-5-4-6-8-14/h4-11,16,32H,12-13,27H2,1,3H3. The van der Waals surface area contributed by atoms with Crippen LogP contribution in [0.25, 0.3) is 38.3 Å². The molecule has 0 spiro atoms. The third-order valence-corrected chi connectivity index (χ3v) is 6.14. The number of fused-ring (bicyclic) bond motifs is 1. The minimum Gasteiger partial charge on any atom is -0.493 e.